The van der Waals surface area contributed by atoms with Crippen LogP contribution in [0.3, 0.4) is 0 Å². The third-order valence-electron chi connectivity index (χ3n) is 5.78. The second-order valence-electron chi connectivity index (χ2n) is 7.18. The highest BCUT2D eigenvalue weighted by molar-refractivity contribution is 4.87. The van der Waals surface area contributed by atoms with Crippen LogP contribution in [0.5, 0.6) is 0 Å². The summed E-state index contributed by atoms with van der Waals surface area (Å²) in [7, 11) is 0. The van der Waals surface area contributed by atoms with E-state index in [-0.39, 0.29) is 24.7 Å². The summed E-state index contributed by atoms with van der Waals surface area (Å²) in [6, 6.07) is 0. The van der Waals surface area contributed by atoms with Crippen molar-refractivity contribution >= 4 is 0 Å². The molecule has 0 amide bonds. The minimum absolute atomic E-state index is 0.130. The van der Waals surface area contributed by atoms with E-state index >= 15 is 0 Å². The van der Waals surface area contributed by atoms with Crippen molar-refractivity contribution in [1.82, 2.24) is 0 Å². The SMILES string of the molecule is CC1CCC(C(O)C2CCCC(C(F)(F)F)C2)CC1C. The van der Waals surface area contributed by atoms with Crippen molar-refractivity contribution in [3.8, 4) is 0 Å². The summed E-state index contributed by atoms with van der Waals surface area (Å²) in [4.78, 5) is 0. The molecule has 0 aliphatic heterocycles. The Morgan fingerprint density at radius 1 is 0.900 bits per heavy atom. The summed E-state index contributed by atoms with van der Waals surface area (Å²) in [5, 5.41) is 10.5. The van der Waals surface area contributed by atoms with Crippen LogP contribution in [0, 0.1) is 29.6 Å². The van der Waals surface area contributed by atoms with Gasteiger partial charge in [0.1, 0.15) is 0 Å². The smallest absolute Gasteiger partial charge is 0.391 e. The molecule has 0 aromatic carbocycles. The van der Waals surface area contributed by atoms with Gasteiger partial charge in [0.05, 0.1) is 12.0 Å². The molecular weight excluding hydrogens is 265 g/mol. The molecule has 118 valence electrons. The Morgan fingerprint density at radius 2 is 1.55 bits per heavy atom. The van der Waals surface area contributed by atoms with E-state index in [1.165, 1.54) is 0 Å². The van der Waals surface area contributed by atoms with Crippen LogP contribution < -0.4 is 0 Å². The Bertz CT molecular complexity index is 315. The normalized spacial score (nSPS) is 41.4. The molecule has 1 N–H and O–H groups in total. The van der Waals surface area contributed by atoms with Crippen LogP contribution in [0.2, 0.25) is 0 Å². The van der Waals surface area contributed by atoms with Gasteiger partial charge in [0.2, 0.25) is 0 Å². The van der Waals surface area contributed by atoms with Crippen molar-refractivity contribution in [2.75, 3.05) is 0 Å². The fourth-order valence-corrected chi connectivity index (χ4v) is 4.12. The second kappa shape index (κ2) is 6.25. The van der Waals surface area contributed by atoms with E-state index in [1.807, 2.05) is 0 Å². The van der Waals surface area contributed by atoms with Gasteiger partial charge >= 0.3 is 6.18 Å². The largest absolute Gasteiger partial charge is 0.393 e. The van der Waals surface area contributed by atoms with Crippen molar-refractivity contribution in [3.05, 3.63) is 0 Å². The molecule has 0 saturated heterocycles. The lowest BCUT2D eigenvalue weighted by Crippen LogP contribution is -2.39. The standard InChI is InChI=1S/C16H27F3O/c1-10-6-7-13(8-11(10)2)15(20)12-4-3-5-14(9-12)16(17,18)19/h10-15,20H,3-9H2,1-2H3. The predicted molar refractivity (Wildman–Crippen MR) is 73.2 cm³/mol. The van der Waals surface area contributed by atoms with E-state index in [1.54, 1.807) is 0 Å². The van der Waals surface area contributed by atoms with E-state index in [4.69, 9.17) is 0 Å². The van der Waals surface area contributed by atoms with Crippen LogP contribution >= 0.6 is 0 Å². The molecule has 4 heteroatoms. The zero-order valence-electron chi connectivity index (χ0n) is 12.5. The first-order valence-corrected chi connectivity index (χ1v) is 8.03. The van der Waals surface area contributed by atoms with Crippen LogP contribution in [-0.4, -0.2) is 17.4 Å². The highest BCUT2D eigenvalue weighted by atomic mass is 19.4. The average molecular weight is 292 g/mol. The van der Waals surface area contributed by atoms with Gasteiger partial charge in [0.25, 0.3) is 0 Å². The summed E-state index contributed by atoms with van der Waals surface area (Å²) in [5.74, 6) is 0.105. The maximum absolute atomic E-state index is 12.9. The molecule has 0 heterocycles. The first kappa shape index (κ1) is 16.1. The fourth-order valence-electron chi connectivity index (χ4n) is 4.12. The highest BCUT2D eigenvalue weighted by Crippen LogP contribution is 2.44. The summed E-state index contributed by atoms with van der Waals surface area (Å²) < 4.78 is 38.6. The summed E-state index contributed by atoms with van der Waals surface area (Å²) >= 11 is 0. The molecule has 2 saturated carbocycles. The Balaban J connectivity index is 1.93. The van der Waals surface area contributed by atoms with Crippen LogP contribution in [0.25, 0.3) is 0 Å². The maximum Gasteiger partial charge on any atom is 0.391 e. The van der Waals surface area contributed by atoms with E-state index in [9.17, 15) is 18.3 Å². The zero-order valence-corrected chi connectivity index (χ0v) is 12.5. The molecule has 6 atom stereocenters. The number of aliphatic hydroxyl groups is 1. The quantitative estimate of drug-likeness (QED) is 0.776. The summed E-state index contributed by atoms with van der Waals surface area (Å²) in [6.07, 6.45) is 0.143. The lowest BCUT2D eigenvalue weighted by atomic mass is 9.68. The maximum atomic E-state index is 12.9. The summed E-state index contributed by atoms with van der Waals surface area (Å²) in [6.45, 7) is 4.43. The monoisotopic (exact) mass is 292 g/mol. The minimum atomic E-state index is -4.09. The molecule has 20 heavy (non-hydrogen) atoms. The van der Waals surface area contributed by atoms with Crippen LogP contribution in [0.1, 0.15) is 58.8 Å². The number of rotatable bonds is 2. The van der Waals surface area contributed by atoms with Crippen molar-refractivity contribution in [2.24, 2.45) is 29.6 Å². The van der Waals surface area contributed by atoms with Gasteiger partial charge in [-0.05, 0) is 55.8 Å². The molecule has 0 radical (unpaired) electrons. The van der Waals surface area contributed by atoms with Gasteiger partial charge in [-0.25, -0.2) is 0 Å². The molecule has 0 aromatic rings. The molecule has 2 fully saturated rings. The number of alkyl halides is 3. The third-order valence-corrected chi connectivity index (χ3v) is 5.78. The van der Waals surface area contributed by atoms with Gasteiger partial charge in [-0.2, -0.15) is 13.2 Å². The van der Waals surface area contributed by atoms with Crippen molar-refractivity contribution in [1.29, 1.82) is 0 Å². The number of halogens is 3. The Morgan fingerprint density at radius 3 is 2.15 bits per heavy atom. The molecule has 2 aliphatic carbocycles. The molecule has 2 aliphatic rings. The topological polar surface area (TPSA) is 20.2 Å². The van der Waals surface area contributed by atoms with Crippen molar-refractivity contribution < 1.29 is 18.3 Å². The molecular formula is C16H27F3O. The van der Waals surface area contributed by atoms with Crippen LogP contribution in [-0.2, 0) is 0 Å². The highest BCUT2D eigenvalue weighted by Gasteiger charge is 2.44. The lowest BCUT2D eigenvalue weighted by Gasteiger charge is -2.40. The first-order valence-electron chi connectivity index (χ1n) is 8.03. The number of aliphatic hydroxyl groups excluding tert-OH is 1. The Labute approximate surface area is 119 Å². The third kappa shape index (κ3) is 3.69. The lowest BCUT2D eigenvalue weighted by molar-refractivity contribution is -0.190. The molecule has 0 aromatic heterocycles. The van der Waals surface area contributed by atoms with Gasteiger partial charge < -0.3 is 5.11 Å². The molecule has 2 rings (SSSR count). The molecule has 6 unspecified atom stereocenters. The Kier molecular flexibility index (Phi) is 5.04. The van der Waals surface area contributed by atoms with Crippen molar-refractivity contribution in [2.45, 2.75) is 71.1 Å². The van der Waals surface area contributed by atoms with E-state index in [2.05, 4.69) is 13.8 Å². The van der Waals surface area contributed by atoms with Crippen LogP contribution in [0.4, 0.5) is 13.2 Å². The van der Waals surface area contributed by atoms with Crippen molar-refractivity contribution in [3.63, 3.8) is 0 Å². The molecule has 0 spiro atoms. The van der Waals surface area contributed by atoms with Gasteiger partial charge in [-0.1, -0.05) is 26.7 Å². The number of hydrogen-bond acceptors (Lipinski definition) is 1. The second-order valence-corrected chi connectivity index (χ2v) is 7.18. The van der Waals surface area contributed by atoms with E-state index in [0.717, 1.165) is 25.7 Å². The first-order chi connectivity index (χ1) is 9.29. The van der Waals surface area contributed by atoms with E-state index in [0.29, 0.717) is 18.3 Å². The molecule has 0 bridgehead atoms. The van der Waals surface area contributed by atoms with Gasteiger partial charge in [0.15, 0.2) is 0 Å². The van der Waals surface area contributed by atoms with Gasteiger partial charge in [-0.3, -0.25) is 0 Å². The van der Waals surface area contributed by atoms with Crippen LogP contribution in [0.15, 0.2) is 0 Å². The molecule has 1 nitrogen and oxygen atoms in total. The van der Waals surface area contributed by atoms with Gasteiger partial charge in [-0.15, -0.1) is 0 Å². The summed E-state index contributed by atoms with van der Waals surface area (Å²) in [5.41, 5.74) is 0. The fraction of sp³-hybridized carbons (Fsp3) is 1.00. The minimum Gasteiger partial charge on any atom is -0.393 e. The van der Waals surface area contributed by atoms with E-state index < -0.39 is 18.2 Å². The number of hydrogen-bond donors (Lipinski definition) is 1. The zero-order chi connectivity index (χ0) is 14.9. The van der Waals surface area contributed by atoms with Gasteiger partial charge in [0, 0.05) is 0 Å². The Hall–Kier alpha value is -0.250. The average Bonchev–Trinajstić information content (AvgIpc) is 2.40. The predicted octanol–water partition coefficient (Wildman–Crippen LogP) is 4.79.